The number of nitrogens with zero attached hydrogens (tertiary/aromatic N) is 1. The van der Waals surface area contributed by atoms with Gasteiger partial charge >= 0.3 is 0 Å². The summed E-state index contributed by atoms with van der Waals surface area (Å²) in [4.78, 5) is 14.9. The predicted octanol–water partition coefficient (Wildman–Crippen LogP) is 2.38. The van der Waals surface area contributed by atoms with Gasteiger partial charge < -0.3 is 9.64 Å². The van der Waals surface area contributed by atoms with Crippen LogP contribution in [0.15, 0.2) is 0 Å². The lowest BCUT2D eigenvalue weighted by atomic mass is 9.91. The molecule has 0 aromatic heterocycles. The van der Waals surface area contributed by atoms with Crippen LogP contribution in [0.2, 0.25) is 0 Å². The van der Waals surface area contributed by atoms with E-state index in [0.717, 1.165) is 38.9 Å². The topological polar surface area (TPSA) is 41.6 Å². The number of hydrogen-bond donors (Lipinski definition) is 1. The maximum atomic E-state index is 12.7. The minimum Gasteiger partial charge on any atom is -0.381 e. The zero-order valence-corrected chi connectivity index (χ0v) is 13.4. The van der Waals surface area contributed by atoms with Crippen LogP contribution in [0.25, 0.3) is 0 Å². The quantitative estimate of drug-likeness (QED) is 0.842. The molecule has 0 aliphatic carbocycles. The molecular weight excluding hydrogens is 252 g/mol. The van der Waals surface area contributed by atoms with Crippen molar-refractivity contribution in [2.45, 2.75) is 71.6 Å². The van der Waals surface area contributed by atoms with Crippen LogP contribution in [0.4, 0.5) is 0 Å². The van der Waals surface area contributed by atoms with Crippen molar-refractivity contribution in [1.29, 1.82) is 0 Å². The Bertz CT molecular complexity index is 326. The van der Waals surface area contributed by atoms with Crippen molar-refractivity contribution in [3.63, 3.8) is 0 Å². The molecule has 3 atom stereocenters. The van der Waals surface area contributed by atoms with Gasteiger partial charge in [0, 0.05) is 19.3 Å². The molecule has 2 saturated heterocycles. The first-order valence-corrected chi connectivity index (χ1v) is 8.22. The van der Waals surface area contributed by atoms with Crippen LogP contribution >= 0.6 is 0 Å². The Kier molecular flexibility index (Phi) is 5.44. The van der Waals surface area contributed by atoms with Crippen molar-refractivity contribution in [3.05, 3.63) is 0 Å². The van der Waals surface area contributed by atoms with Crippen molar-refractivity contribution < 1.29 is 9.53 Å². The van der Waals surface area contributed by atoms with E-state index in [2.05, 4.69) is 37.9 Å². The molecule has 2 aliphatic heterocycles. The fraction of sp³-hybridized carbons (Fsp3) is 0.938. The van der Waals surface area contributed by atoms with Crippen LogP contribution in [-0.4, -0.2) is 42.3 Å². The number of amides is 1. The van der Waals surface area contributed by atoms with Gasteiger partial charge in [-0.2, -0.15) is 0 Å². The number of nitrogens with one attached hydrogen (secondary N) is 1. The first-order chi connectivity index (χ1) is 9.56. The number of carbonyl (C=O) groups excluding carboxylic acids is 1. The predicted molar refractivity (Wildman–Crippen MR) is 80.3 cm³/mol. The molecule has 0 spiro atoms. The van der Waals surface area contributed by atoms with Crippen LogP contribution in [0, 0.1) is 11.8 Å². The lowest BCUT2D eigenvalue weighted by molar-refractivity contribution is -0.134. The molecule has 0 saturated carbocycles. The molecule has 116 valence electrons. The van der Waals surface area contributed by atoms with Crippen molar-refractivity contribution in [2.75, 3.05) is 13.2 Å². The Morgan fingerprint density at radius 1 is 1.30 bits per heavy atom. The average molecular weight is 282 g/mol. The zero-order valence-electron chi connectivity index (χ0n) is 13.4. The summed E-state index contributed by atoms with van der Waals surface area (Å²) in [7, 11) is 0. The number of carbonyl (C=O) groups is 1. The van der Waals surface area contributed by atoms with Crippen molar-refractivity contribution in [2.24, 2.45) is 11.8 Å². The largest absolute Gasteiger partial charge is 0.381 e. The molecule has 2 heterocycles. The summed E-state index contributed by atoms with van der Waals surface area (Å²) in [6.45, 7) is 10.3. The van der Waals surface area contributed by atoms with E-state index in [4.69, 9.17) is 4.74 Å². The van der Waals surface area contributed by atoms with E-state index >= 15 is 0 Å². The van der Waals surface area contributed by atoms with Gasteiger partial charge in [0.05, 0.1) is 12.2 Å². The van der Waals surface area contributed by atoms with E-state index in [-0.39, 0.29) is 12.2 Å². The van der Waals surface area contributed by atoms with Gasteiger partial charge in [-0.05, 0) is 38.0 Å². The fourth-order valence-corrected chi connectivity index (χ4v) is 3.56. The minimum absolute atomic E-state index is 0.00570. The molecule has 2 rings (SSSR count). The number of rotatable bonds is 5. The fourth-order valence-electron chi connectivity index (χ4n) is 3.56. The standard InChI is InChI=1S/C16H30N2O2/c1-5-6-14-17-15(11(2)3)16(19)18(14)12(4)13-7-9-20-10-8-13/h11-15,17H,5-10H2,1-4H3. The van der Waals surface area contributed by atoms with Gasteiger partial charge in [0.1, 0.15) is 0 Å². The molecule has 0 bridgehead atoms. The van der Waals surface area contributed by atoms with Gasteiger partial charge in [-0.1, -0.05) is 27.2 Å². The van der Waals surface area contributed by atoms with Crippen LogP contribution in [-0.2, 0) is 9.53 Å². The first-order valence-electron chi connectivity index (χ1n) is 8.22. The molecule has 0 aromatic rings. The Labute approximate surface area is 123 Å². The van der Waals surface area contributed by atoms with Gasteiger partial charge in [0.2, 0.25) is 5.91 Å². The average Bonchev–Trinajstić information content (AvgIpc) is 2.76. The second kappa shape index (κ2) is 6.90. The second-order valence-electron chi connectivity index (χ2n) is 6.63. The lowest BCUT2D eigenvalue weighted by Gasteiger charge is -2.37. The number of hydrogen-bond acceptors (Lipinski definition) is 3. The minimum atomic E-state index is -0.00570. The molecule has 0 aromatic carbocycles. The van der Waals surface area contributed by atoms with Crippen LogP contribution in [0.1, 0.15) is 53.4 Å². The van der Waals surface area contributed by atoms with E-state index in [1.807, 2.05) is 0 Å². The highest BCUT2D eigenvalue weighted by Gasteiger charge is 2.43. The van der Waals surface area contributed by atoms with Crippen molar-refractivity contribution >= 4 is 5.91 Å². The summed E-state index contributed by atoms with van der Waals surface area (Å²) in [5.74, 6) is 1.24. The second-order valence-corrected chi connectivity index (χ2v) is 6.63. The SMILES string of the molecule is CCCC1NC(C(C)C)C(=O)N1C(C)C1CCOCC1. The van der Waals surface area contributed by atoms with E-state index in [0.29, 0.717) is 23.8 Å². The molecule has 2 fully saturated rings. The smallest absolute Gasteiger partial charge is 0.241 e. The Morgan fingerprint density at radius 2 is 1.95 bits per heavy atom. The molecule has 20 heavy (non-hydrogen) atoms. The van der Waals surface area contributed by atoms with Crippen LogP contribution in [0.3, 0.4) is 0 Å². The summed E-state index contributed by atoms with van der Waals surface area (Å²) in [5, 5.41) is 3.56. The summed E-state index contributed by atoms with van der Waals surface area (Å²) in [6.07, 6.45) is 4.53. The van der Waals surface area contributed by atoms with E-state index < -0.39 is 0 Å². The molecular formula is C16H30N2O2. The van der Waals surface area contributed by atoms with E-state index in [9.17, 15) is 4.79 Å². The van der Waals surface area contributed by atoms with Gasteiger partial charge in [-0.25, -0.2) is 0 Å². The highest BCUT2D eigenvalue weighted by Crippen LogP contribution is 2.29. The molecule has 4 nitrogen and oxygen atoms in total. The Balaban J connectivity index is 2.10. The highest BCUT2D eigenvalue weighted by atomic mass is 16.5. The zero-order chi connectivity index (χ0) is 14.7. The van der Waals surface area contributed by atoms with Gasteiger partial charge in [-0.3, -0.25) is 10.1 Å². The maximum absolute atomic E-state index is 12.7. The normalized spacial score (nSPS) is 30.2. The highest BCUT2D eigenvalue weighted by molar-refractivity contribution is 5.85. The van der Waals surface area contributed by atoms with Gasteiger partial charge in [0.15, 0.2) is 0 Å². The molecule has 1 amide bonds. The third-order valence-electron chi connectivity index (χ3n) is 4.84. The van der Waals surface area contributed by atoms with E-state index in [1.54, 1.807) is 0 Å². The maximum Gasteiger partial charge on any atom is 0.241 e. The molecule has 0 radical (unpaired) electrons. The Morgan fingerprint density at radius 3 is 2.50 bits per heavy atom. The third kappa shape index (κ3) is 3.17. The van der Waals surface area contributed by atoms with Crippen molar-refractivity contribution in [3.8, 4) is 0 Å². The van der Waals surface area contributed by atoms with Crippen LogP contribution in [0.5, 0.6) is 0 Å². The summed E-state index contributed by atoms with van der Waals surface area (Å²) >= 11 is 0. The van der Waals surface area contributed by atoms with Crippen LogP contribution < -0.4 is 5.32 Å². The summed E-state index contributed by atoms with van der Waals surface area (Å²) < 4.78 is 5.45. The number of ether oxygens (including phenoxy) is 1. The van der Waals surface area contributed by atoms with Gasteiger partial charge in [-0.15, -0.1) is 0 Å². The van der Waals surface area contributed by atoms with Crippen molar-refractivity contribution in [1.82, 2.24) is 10.2 Å². The van der Waals surface area contributed by atoms with Gasteiger partial charge in [0.25, 0.3) is 0 Å². The molecule has 3 unspecified atom stereocenters. The molecule has 4 heteroatoms. The monoisotopic (exact) mass is 282 g/mol. The van der Waals surface area contributed by atoms with E-state index in [1.165, 1.54) is 0 Å². The first kappa shape index (κ1) is 15.8. The Hall–Kier alpha value is -0.610. The summed E-state index contributed by atoms with van der Waals surface area (Å²) in [5.41, 5.74) is 0. The lowest BCUT2D eigenvalue weighted by Crippen LogP contribution is -2.47. The molecule has 2 aliphatic rings. The molecule has 1 N–H and O–H groups in total. The third-order valence-corrected chi connectivity index (χ3v) is 4.84. The summed E-state index contributed by atoms with van der Waals surface area (Å²) in [6, 6.07) is 0.313.